The van der Waals surface area contributed by atoms with Gasteiger partial charge in [0, 0.05) is 10.8 Å². The molecule has 6 aromatic carbocycles. The van der Waals surface area contributed by atoms with Gasteiger partial charge in [0.15, 0.2) is 0 Å². The van der Waals surface area contributed by atoms with E-state index in [4.69, 9.17) is 20.9 Å². The maximum atomic E-state index is 12.2. The van der Waals surface area contributed by atoms with Gasteiger partial charge in [-0.3, -0.25) is 9.11 Å². The van der Waals surface area contributed by atoms with Crippen molar-refractivity contribution in [2.75, 3.05) is 25.7 Å². The predicted octanol–water partition coefficient (Wildman–Crippen LogP) is 8.17. The van der Waals surface area contributed by atoms with E-state index >= 15 is 0 Å². The summed E-state index contributed by atoms with van der Waals surface area (Å²) in [4.78, 5) is -0.903. The Balaban J connectivity index is 1.32. The van der Waals surface area contributed by atoms with E-state index in [0.29, 0.717) is 44.8 Å². The van der Waals surface area contributed by atoms with E-state index in [9.17, 15) is 25.9 Å². The number of fused-ring (bicyclic) bond motifs is 2. The zero-order valence-corrected chi connectivity index (χ0v) is 28.0. The number of hydrogen-bond acceptors (Lipinski definition) is 12. The third-order valence-electron chi connectivity index (χ3n) is 7.78. The van der Waals surface area contributed by atoms with Crippen molar-refractivity contribution >= 4 is 75.9 Å². The van der Waals surface area contributed by atoms with Crippen molar-refractivity contribution < 1.29 is 35.4 Å². The lowest BCUT2D eigenvalue weighted by atomic mass is 10.0. The quantitative estimate of drug-likeness (QED) is 0.0638. The minimum atomic E-state index is -4.67. The summed E-state index contributed by atoms with van der Waals surface area (Å²) in [5, 5.41) is 18.3. The first-order valence-electron chi connectivity index (χ1n) is 14.6. The number of azo groups is 2. The largest absolute Gasteiger partial charge is 0.494 e. The second kappa shape index (κ2) is 13.2. The van der Waals surface area contributed by atoms with Crippen molar-refractivity contribution in [1.82, 2.24) is 0 Å². The third kappa shape index (κ3) is 6.55. The Labute approximate surface area is 286 Å². The van der Waals surface area contributed by atoms with E-state index in [-0.39, 0.29) is 33.5 Å². The van der Waals surface area contributed by atoms with Crippen LogP contribution in [0.25, 0.3) is 32.7 Å². The van der Waals surface area contributed by atoms with E-state index in [1.54, 1.807) is 84.9 Å². The van der Waals surface area contributed by atoms with Crippen LogP contribution in [0.2, 0.25) is 0 Å². The van der Waals surface area contributed by atoms with Gasteiger partial charge in [-0.1, -0.05) is 60.7 Å². The highest BCUT2D eigenvalue weighted by Gasteiger charge is 2.23. The van der Waals surface area contributed by atoms with Gasteiger partial charge >= 0.3 is 0 Å². The number of nitrogens with zero attached hydrogens (tertiary/aromatic N) is 4. The lowest BCUT2D eigenvalue weighted by Gasteiger charge is -2.11. The summed E-state index contributed by atoms with van der Waals surface area (Å²) in [6.45, 7) is 0. The van der Waals surface area contributed by atoms with Crippen molar-refractivity contribution in [3.05, 3.63) is 97.1 Å². The van der Waals surface area contributed by atoms with Crippen molar-refractivity contribution in [3.8, 4) is 22.6 Å². The number of rotatable bonds is 9. The molecule has 50 heavy (non-hydrogen) atoms. The van der Waals surface area contributed by atoms with Crippen LogP contribution in [0.5, 0.6) is 11.5 Å². The molecule has 0 aliphatic rings. The molecule has 0 radical (unpaired) electrons. The van der Waals surface area contributed by atoms with Crippen molar-refractivity contribution in [2.45, 2.75) is 9.79 Å². The summed E-state index contributed by atoms with van der Waals surface area (Å²) in [7, 11) is -6.43. The molecule has 6 aromatic rings. The SMILES string of the molecule is COc1cc(-c2ccc(N=Nc3cc4ccccc4c(S(=O)(=O)O)c3N)c(OC)c2)ccc1N=Nc1cc2ccccc2c(S(=O)(=O)O)c1N. The maximum Gasteiger partial charge on any atom is 0.297 e. The number of methoxy groups -OCH3 is 2. The van der Waals surface area contributed by atoms with Crippen LogP contribution in [0.3, 0.4) is 0 Å². The standard InChI is InChI=1S/C34H28N6O8S2/c1-47-29-17-19(11-13-25(29)37-39-27-15-21-7-3-5-9-23(21)33(31(27)35)49(41,42)43)20-12-14-26(30(18-20)48-2)38-40-28-16-22-8-4-6-10-24(22)34(32(28)36)50(44,45)46/h3-18H,35-36H2,1-2H3,(H,41,42,43)(H,44,45,46). The van der Waals surface area contributed by atoms with Gasteiger partial charge in [0.2, 0.25) is 0 Å². The summed E-state index contributed by atoms with van der Waals surface area (Å²) < 4.78 is 79.5. The fourth-order valence-electron chi connectivity index (χ4n) is 5.45. The summed E-state index contributed by atoms with van der Waals surface area (Å²) in [5.74, 6) is 0.675. The molecule has 0 spiro atoms. The van der Waals surface area contributed by atoms with Crippen LogP contribution < -0.4 is 20.9 Å². The molecule has 0 saturated heterocycles. The minimum Gasteiger partial charge on any atom is -0.494 e. The van der Waals surface area contributed by atoms with Gasteiger partial charge in [0.25, 0.3) is 20.2 Å². The van der Waals surface area contributed by atoms with Gasteiger partial charge in [0.1, 0.15) is 44.0 Å². The first-order chi connectivity index (χ1) is 23.8. The lowest BCUT2D eigenvalue weighted by molar-refractivity contribution is 0.415. The van der Waals surface area contributed by atoms with Gasteiger partial charge in [-0.15, -0.1) is 20.5 Å². The second-order valence-corrected chi connectivity index (χ2v) is 13.6. The maximum absolute atomic E-state index is 12.2. The first-order valence-corrected chi connectivity index (χ1v) is 17.5. The van der Waals surface area contributed by atoms with Crippen LogP contribution in [-0.4, -0.2) is 40.2 Å². The molecule has 6 N–H and O–H groups in total. The highest BCUT2D eigenvalue weighted by molar-refractivity contribution is 7.86. The molecule has 0 aromatic heterocycles. The molecule has 0 amide bonds. The normalized spacial score (nSPS) is 12.3. The van der Waals surface area contributed by atoms with Crippen LogP contribution >= 0.6 is 0 Å². The van der Waals surface area contributed by atoms with Crippen LogP contribution in [0.4, 0.5) is 34.1 Å². The molecule has 0 unspecified atom stereocenters. The topological polar surface area (TPSA) is 229 Å². The van der Waals surface area contributed by atoms with Crippen molar-refractivity contribution in [1.29, 1.82) is 0 Å². The van der Waals surface area contributed by atoms with Gasteiger partial charge in [0.05, 0.1) is 25.6 Å². The number of nitrogens with two attached hydrogens (primary N) is 2. The zero-order chi connectivity index (χ0) is 35.8. The molecule has 6 rings (SSSR count). The number of hydrogen-bond donors (Lipinski definition) is 4. The molecule has 0 bridgehead atoms. The van der Waals surface area contributed by atoms with Crippen LogP contribution in [0, 0.1) is 0 Å². The molecule has 0 heterocycles. The Hall–Kier alpha value is -5.94. The molecular weight excluding hydrogens is 685 g/mol. The molecule has 0 fully saturated rings. The Morgan fingerprint density at radius 3 is 1.24 bits per heavy atom. The van der Waals surface area contributed by atoms with E-state index in [1.165, 1.54) is 26.4 Å². The third-order valence-corrected chi connectivity index (χ3v) is 9.69. The average molecular weight is 713 g/mol. The van der Waals surface area contributed by atoms with E-state index in [2.05, 4.69) is 20.5 Å². The number of nitrogen functional groups attached to an aromatic ring is 2. The molecule has 0 atom stereocenters. The fraction of sp³-hybridized carbons (Fsp3) is 0.0588. The minimum absolute atomic E-state index is 0.0385. The Morgan fingerprint density at radius 2 is 0.880 bits per heavy atom. The molecule has 254 valence electrons. The fourth-order valence-corrected chi connectivity index (χ4v) is 7.14. The Morgan fingerprint density at radius 1 is 0.520 bits per heavy atom. The molecule has 14 nitrogen and oxygen atoms in total. The lowest BCUT2D eigenvalue weighted by Crippen LogP contribution is -2.04. The first kappa shape index (κ1) is 33.9. The summed E-state index contributed by atoms with van der Waals surface area (Å²) in [6.07, 6.45) is 0. The average Bonchev–Trinajstić information content (AvgIpc) is 3.08. The van der Waals surface area contributed by atoms with Gasteiger partial charge in [-0.05, 0) is 58.3 Å². The molecule has 16 heteroatoms. The molecular formula is C34H28N6O8S2. The molecule has 0 aliphatic carbocycles. The highest BCUT2D eigenvalue weighted by Crippen LogP contribution is 2.42. The Bertz CT molecular complexity index is 2430. The molecule has 0 saturated carbocycles. The Kier molecular flexibility index (Phi) is 8.94. The van der Waals surface area contributed by atoms with E-state index in [1.807, 2.05) is 0 Å². The van der Waals surface area contributed by atoms with Gasteiger partial charge < -0.3 is 20.9 Å². The predicted molar refractivity (Wildman–Crippen MR) is 190 cm³/mol. The highest BCUT2D eigenvalue weighted by atomic mass is 32.2. The number of anilines is 2. The van der Waals surface area contributed by atoms with Crippen LogP contribution in [-0.2, 0) is 20.2 Å². The van der Waals surface area contributed by atoms with Crippen molar-refractivity contribution in [2.24, 2.45) is 20.5 Å². The number of ether oxygens (including phenoxy) is 2. The van der Waals surface area contributed by atoms with Crippen molar-refractivity contribution in [3.63, 3.8) is 0 Å². The number of benzene rings is 6. The van der Waals surface area contributed by atoms with Gasteiger partial charge in [-0.25, -0.2) is 0 Å². The zero-order valence-electron chi connectivity index (χ0n) is 26.3. The summed E-state index contributed by atoms with van der Waals surface area (Å²) in [5.41, 5.74) is 13.9. The molecule has 0 aliphatic heterocycles. The second-order valence-electron chi connectivity index (χ2n) is 10.8. The summed E-state index contributed by atoms with van der Waals surface area (Å²) in [6, 6.07) is 26.4. The van der Waals surface area contributed by atoms with E-state index in [0.717, 1.165) is 0 Å². The summed E-state index contributed by atoms with van der Waals surface area (Å²) >= 11 is 0. The van der Waals surface area contributed by atoms with Gasteiger partial charge in [-0.2, -0.15) is 16.8 Å². The monoisotopic (exact) mass is 712 g/mol. The smallest absolute Gasteiger partial charge is 0.297 e. The van der Waals surface area contributed by atoms with E-state index < -0.39 is 30.0 Å². The van der Waals surface area contributed by atoms with Crippen LogP contribution in [0.1, 0.15) is 0 Å². The van der Waals surface area contributed by atoms with Crippen LogP contribution in [0.15, 0.2) is 127 Å².